The molecular weight excluding hydrogens is 318 g/mol. The van der Waals surface area contributed by atoms with Crippen LogP contribution in [0.1, 0.15) is 0 Å². The maximum Gasteiger partial charge on any atom is 0.150 e. The molecule has 0 aliphatic carbocycles. The van der Waals surface area contributed by atoms with Crippen molar-refractivity contribution in [2.75, 3.05) is 17.7 Å². The van der Waals surface area contributed by atoms with Crippen LogP contribution in [0.5, 0.6) is 0 Å². The van der Waals surface area contributed by atoms with Crippen LogP contribution in [0.15, 0.2) is 47.3 Å². The van der Waals surface area contributed by atoms with Gasteiger partial charge in [0.05, 0.1) is 5.52 Å². The van der Waals surface area contributed by atoms with Gasteiger partial charge in [-0.1, -0.05) is 6.07 Å². The summed E-state index contributed by atoms with van der Waals surface area (Å²) in [5.74, 6) is 1.45. The molecule has 20 heavy (non-hydrogen) atoms. The Bertz CT molecular complexity index is 754. The normalized spacial score (nSPS) is 10.5. The van der Waals surface area contributed by atoms with Crippen molar-refractivity contribution in [3.05, 3.63) is 47.3 Å². The van der Waals surface area contributed by atoms with Gasteiger partial charge in [-0.15, -0.1) is 0 Å². The first-order valence-electron chi connectivity index (χ1n) is 6.08. The molecule has 0 aliphatic heterocycles. The second-order valence-electron chi connectivity index (χ2n) is 4.14. The van der Waals surface area contributed by atoms with Gasteiger partial charge in [-0.3, -0.25) is 4.98 Å². The Morgan fingerprint density at radius 1 is 1.00 bits per heavy atom. The van der Waals surface area contributed by atoms with Crippen LogP contribution in [-0.4, -0.2) is 22.0 Å². The third-order valence-corrected chi connectivity index (χ3v) is 3.68. The van der Waals surface area contributed by atoms with Gasteiger partial charge in [0.2, 0.25) is 0 Å². The zero-order chi connectivity index (χ0) is 13.9. The minimum atomic E-state index is 0.709. The van der Waals surface area contributed by atoms with Crippen LogP contribution in [0.25, 0.3) is 10.9 Å². The van der Waals surface area contributed by atoms with Crippen molar-refractivity contribution in [2.45, 2.75) is 0 Å². The van der Waals surface area contributed by atoms with Crippen molar-refractivity contribution in [3.8, 4) is 0 Å². The van der Waals surface area contributed by atoms with E-state index < -0.39 is 0 Å². The van der Waals surface area contributed by atoms with Gasteiger partial charge in [-0.05, 0) is 40.2 Å². The van der Waals surface area contributed by atoms with E-state index in [0.717, 1.165) is 26.9 Å². The fraction of sp³-hybridized carbons (Fsp3) is 0.0714. The summed E-state index contributed by atoms with van der Waals surface area (Å²) in [6.07, 6.45) is 3.30. The molecule has 0 fully saturated rings. The van der Waals surface area contributed by atoms with E-state index in [1.54, 1.807) is 6.20 Å². The predicted molar refractivity (Wildman–Crippen MR) is 84.3 cm³/mol. The van der Waals surface area contributed by atoms with Crippen LogP contribution >= 0.6 is 15.9 Å². The lowest BCUT2D eigenvalue weighted by atomic mass is 10.2. The molecule has 0 spiro atoms. The highest BCUT2D eigenvalue weighted by molar-refractivity contribution is 9.10. The molecule has 5 nitrogen and oxygen atoms in total. The number of anilines is 3. The first-order chi connectivity index (χ1) is 9.79. The third kappa shape index (κ3) is 2.30. The zero-order valence-electron chi connectivity index (χ0n) is 10.8. The van der Waals surface area contributed by atoms with E-state index in [1.165, 1.54) is 6.33 Å². The topological polar surface area (TPSA) is 62.7 Å². The Morgan fingerprint density at radius 2 is 1.85 bits per heavy atom. The monoisotopic (exact) mass is 329 g/mol. The lowest BCUT2D eigenvalue weighted by molar-refractivity contribution is 1.14. The van der Waals surface area contributed by atoms with Crippen LogP contribution in [-0.2, 0) is 0 Å². The summed E-state index contributed by atoms with van der Waals surface area (Å²) in [5.41, 5.74) is 1.90. The summed E-state index contributed by atoms with van der Waals surface area (Å²) in [4.78, 5) is 12.7. The summed E-state index contributed by atoms with van der Waals surface area (Å²) >= 11 is 3.50. The number of halogens is 1. The van der Waals surface area contributed by atoms with E-state index in [-0.39, 0.29) is 0 Å². The molecule has 6 heteroatoms. The minimum Gasteiger partial charge on any atom is -0.372 e. The molecule has 0 aliphatic rings. The second kappa shape index (κ2) is 5.42. The van der Waals surface area contributed by atoms with Gasteiger partial charge in [0.1, 0.15) is 22.4 Å². The molecule has 2 heterocycles. The molecule has 1 aromatic carbocycles. The first kappa shape index (κ1) is 12.8. The molecule has 2 N–H and O–H groups in total. The van der Waals surface area contributed by atoms with Crippen molar-refractivity contribution in [1.82, 2.24) is 15.0 Å². The van der Waals surface area contributed by atoms with E-state index in [9.17, 15) is 0 Å². The smallest absolute Gasteiger partial charge is 0.150 e. The van der Waals surface area contributed by atoms with Crippen molar-refractivity contribution in [2.24, 2.45) is 0 Å². The predicted octanol–water partition coefficient (Wildman–Crippen LogP) is 3.57. The molecule has 0 saturated heterocycles. The Hall–Kier alpha value is -2.21. The lowest BCUT2D eigenvalue weighted by Gasteiger charge is -2.11. The zero-order valence-corrected chi connectivity index (χ0v) is 12.3. The number of nitrogens with one attached hydrogen (secondary N) is 2. The van der Waals surface area contributed by atoms with Gasteiger partial charge in [-0.2, -0.15) is 0 Å². The van der Waals surface area contributed by atoms with Gasteiger partial charge in [-0.25, -0.2) is 9.97 Å². The van der Waals surface area contributed by atoms with Crippen molar-refractivity contribution >= 4 is 44.2 Å². The van der Waals surface area contributed by atoms with Gasteiger partial charge in [0, 0.05) is 24.3 Å². The molecular formula is C14H12BrN5. The van der Waals surface area contributed by atoms with Crippen LogP contribution in [0.2, 0.25) is 0 Å². The number of nitrogens with zero attached hydrogens (tertiary/aromatic N) is 3. The van der Waals surface area contributed by atoms with Crippen molar-refractivity contribution < 1.29 is 0 Å². The number of rotatable bonds is 3. The Kier molecular flexibility index (Phi) is 3.47. The molecule has 0 saturated carbocycles. The maximum atomic E-state index is 4.34. The van der Waals surface area contributed by atoms with Gasteiger partial charge >= 0.3 is 0 Å². The summed E-state index contributed by atoms with van der Waals surface area (Å²) in [6, 6.07) is 9.89. The van der Waals surface area contributed by atoms with E-state index in [4.69, 9.17) is 0 Å². The summed E-state index contributed by atoms with van der Waals surface area (Å²) in [6.45, 7) is 0. The van der Waals surface area contributed by atoms with Crippen LogP contribution < -0.4 is 10.6 Å². The number of benzene rings is 1. The minimum absolute atomic E-state index is 0.709. The number of aromatic nitrogens is 3. The Labute approximate surface area is 124 Å². The molecule has 2 aromatic heterocycles. The first-order valence-corrected chi connectivity index (χ1v) is 6.88. The third-order valence-electron chi connectivity index (χ3n) is 2.93. The summed E-state index contributed by atoms with van der Waals surface area (Å²) in [5, 5.41) is 7.37. The average Bonchev–Trinajstić information content (AvgIpc) is 2.50. The number of hydrogen-bond donors (Lipinski definition) is 2. The van der Waals surface area contributed by atoms with Gasteiger partial charge in [0.15, 0.2) is 0 Å². The maximum absolute atomic E-state index is 4.34. The summed E-state index contributed by atoms with van der Waals surface area (Å²) < 4.78 is 0.795. The van der Waals surface area contributed by atoms with Crippen LogP contribution in [0.3, 0.4) is 0 Å². The Balaban J connectivity index is 2.06. The lowest BCUT2D eigenvalue weighted by Crippen LogP contribution is -2.00. The second-order valence-corrected chi connectivity index (χ2v) is 4.93. The van der Waals surface area contributed by atoms with Gasteiger partial charge < -0.3 is 10.6 Å². The van der Waals surface area contributed by atoms with Gasteiger partial charge in [0.25, 0.3) is 0 Å². The molecule has 0 bridgehead atoms. The molecule has 0 amide bonds. The highest BCUT2D eigenvalue weighted by Crippen LogP contribution is 2.31. The fourth-order valence-electron chi connectivity index (χ4n) is 1.97. The van der Waals surface area contributed by atoms with E-state index >= 15 is 0 Å². The van der Waals surface area contributed by atoms with Crippen molar-refractivity contribution in [1.29, 1.82) is 0 Å². The molecule has 100 valence electrons. The van der Waals surface area contributed by atoms with Crippen LogP contribution in [0, 0.1) is 0 Å². The van der Waals surface area contributed by atoms with E-state index in [2.05, 4.69) is 41.5 Å². The summed E-state index contributed by atoms with van der Waals surface area (Å²) in [7, 11) is 1.82. The molecule has 3 aromatic rings. The fourth-order valence-corrected chi connectivity index (χ4v) is 2.47. The molecule has 0 radical (unpaired) electrons. The standard InChI is InChI=1S/C14H12BrN5/c1-16-13-12(15)14(19-8-18-13)20-11-6-2-5-10-9(11)4-3-7-17-10/h2-8H,1H3,(H2,16,18,19,20). The van der Waals surface area contributed by atoms with E-state index in [0.29, 0.717) is 5.82 Å². The largest absolute Gasteiger partial charge is 0.372 e. The average molecular weight is 330 g/mol. The highest BCUT2D eigenvalue weighted by Gasteiger charge is 2.09. The molecule has 0 unspecified atom stereocenters. The molecule has 3 rings (SSSR count). The number of pyridine rings is 1. The van der Waals surface area contributed by atoms with Crippen molar-refractivity contribution in [3.63, 3.8) is 0 Å². The Morgan fingerprint density at radius 3 is 2.70 bits per heavy atom. The van der Waals surface area contributed by atoms with E-state index in [1.807, 2.05) is 37.4 Å². The number of hydrogen-bond acceptors (Lipinski definition) is 5. The molecule has 0 atom stereocenters. The SMILES string of the molecule is CNc1ncnc(Nc2cccc3ncccc23)c1Br. The quantitative estimate of drug-likeness (QED) is 0.769. The van der Waals surface area contributed by atoms with Crippen LogP contribution in [0.4, 0.5) is 17.3 Å². The number of fused-ring (bicyclic) bond motifs is 1. The highest BCUT2D eigenvalue weighted by atomic mass is 79.9.